The van der Waals surface area contributed by atoms with Gasteiger partial charge in [0.1, 0.15) is 11.6 Å². The molecule has 5 heteroatoms. The molecule has 2 rings (SSSR count). The minimum atomic E-state index is 0.333. The Morgan fingerprint density at radius 2 is 1.90 bits per heavy atom. The average molecular weight is 288 g/mol. The zero-order valence-corrected chi connectivity index (χ0v) is 12.9. The van der Waals surface area contributed by atoms with Crippen LogP contribution in [0.4, 0.5) is 11.6 Å². The monoisotopic (exact) mass is 288 g/mol. The van der Waals surface area contributed by atoms with E-state index in [-0.39, 0.29) is 0 Å². The van der Waals surface area contributed by atoms with E-state index in [1.54, 1.807) is 0 Å². The molecule has 0 atom stereocenters. The molecule has 0 aliphatic heterocycles. The molecule has 1 heterocycles. The van der Waals surface area contributed by atoms with E-state index in [1.165, 1.54) is 17.3 Å². The van der Waals surface area contributed by atoms with Crippen molar-refractivity contribution < 1.29 is 0 Å². The van der Waals surface area contributed by atoms with Crippen LogP contribution >= 0.6 is 11.8 Å². The molecule has 1 aromatic carbocycles. The molecule has 20 heavy (non-hydrogen) atoms. The minimum absolute atomic E-state index is 0.333. The van der Waals surface area contributed by atoms with Gasteiger partial charge in [-0.1, -0.05) is 42.1 Å². The highest BCUT2D eigenvalue weighted by atomic mass is 32.2. The Kier molecular flexibility index (Phi) is 4.84. The second-order valence-electron chi connectivity index (χ2n) is 4.84. The third-order valence-corrected chi connectivity index (χ3v) is 3.56. The molecule has 0 amide bonds. The number of benzene rings is 1. The fourth-order valence-corrected chi connectivity index (χ4v) is 2.36. The van der Waals surface area contributed by atoms with Crippen molar-refractivity contribution in [2.45, 2.75) is 31.6 Å². The smallest absolute Gasteiger partial charge is 0.191 e. The van der Waals surface area contributed by atoms with E-state index in [2.05, 4.69) is 53.0 Å². The van der Waals surface area contributed by atoms with Gasteiger partial charge in [-0.05, 0) is 25.7 Å². The Bertz CT molecular complexity index is 557. The molecule has 106 valence electrons. The fraction of sp³-hybridized carbons (Fsp3) is 0.333. The first kappa shape index (κ1) is 14.7. The van der Waals surface area contributed by atoms with Crippen LogP contribution in [-0.4, -0.2) is 22.3 Å². The lowest BCUT2D eigenvalue weighted by atomic mass is 10.2. The van der Waals surface area contributed by atoms with Gasteiger partial charge in [-0.25, -0.2) is 9.97 Å². The summed E-state index contributed by atoms with van der Waals surface area (Å²) in [5.41, 5.74) is 7.13. The highest BCUT2D eigenvalue weighted by molar-refractivity contribution is 7.98. The number of anilines is 2. The molecule has 4 nitrogen and oxygen atoms in total. The number of nitrogens with zero attached hydrogens (tertiary/aromatic N) is 3. The summed E-state index contributed by atoms with van der Waals surface area (Å²) in [6.07, 6.45) is 1.95. The Morgan fingerprint density at radius 1 is 1.20 bits per heavy atom. The molecule has 2 aromatic rings. The van der Waals surface area contributed by atoms with Gasteiger partial charge in [0.2, 0.25) is 0 Å². The Hall–Kier alpha value is -1.75. The van der Waals surface area contributed by atoms with Crippen molar-refractivity contribution in [2.24, 2.45) is 0 Å². The summed E-state index contributed by atoms with van der Waals surface area (Å²) in [6.45, 7) is 5.11. The molecule has 0 radical (unpaired) electrons. The molecule has 0 spiro atoms. The van der Waals surface area contributed by atoms with Crippen LogP contribution in [0.1, 0.15) is 19.4 Å². The van der Waals surface area contributed by atoms with Crippen molar-refractivity contribution in [3.8, 4) is 0 Å². The predicted molar refractivity (Wildman–Crippen MR) is 86.0 cm³/mol. The van der Waals surface area contributed by atoms with E-state index in [4.69, 9.17) is 5.73 Å². The maximum atomic E-state index is 5.88. The molecule has 0 fully saturated rings. The number of hydrogen-bond donors (Lipinski definition) is 1. The summed E-state index contributed by atoms with van der Waals surface area (Å²) in [5.74, 6) is 1.39. The summed E-state index contributed by atoms with van der Waals surface area (Å²) in [7, 11) is 0. The van der Waals surface area contributed by atoms with Crippen molar-refractivity contribution in [1.29, 1.82) is 0 Å². The first-order valence-corrected chi connectivity index (χ1v) is 7.81. The molecular weight excluding hydrogens is 268 g/mol. The number of aromatic nitrogens is 2. The summed E-state index contributed by atoms with van der Waals surface area (Å²) in [6, 6.07) is 12.5. The number of hydrogen-bond acceptors (Lipinski definition) is 5. The summed E-state index contributed by atoms with van der Waals surface area (Å²) >= 11 is 1.50. The molecular formula is C15H20N4S. The zero-order valence-electron chi connectivity index (χ0n) is 12.1. The molecule has 1 aromatic heterocycles. The van der Waals surface area contributed by atoms with Crippen LogP contribution < -0.4 is 10.6 Å². The molecule has 0 saturated heterocycles. The average Bonchev–Trinajstić information content (AvgIpc) is 2.44. The lowest BCUT2D eigenvalue weighted by molar-refractivity contribution is 0.666. The van der Waals surface area contributed by atoms with Gasteiger partial charge in [-0.2, -0.15) is 0 Å². The highest BCUT2D eigenvalue weighted by Crippen LogP contribution is 2.22. The van der Waals surface area contributed by atoms with Gasteiger partial charge >= 0.3 is 0 Å². The molecule has 0 aliphatic carbocycles. The van der Waals surface area contributed by atoms with Crippen LogP contribution in [0.3, 0.4) is 0 Å². The molecule has 0 bridgehead atoms. The number of nitrogen functional groups attached to an aromatic ring is 1. The predicted octanol–water partition coefficient (Wildman–Crippen LogP) is 3.20. The van der Waals surface area contributed by atoms with Crippen LogP contribution in [0.25, 0.3) is 0 Å². The Labute approximate surface area is 124 Å². The van der Waals surface area contributed by atoms with Crippen molar-refractivity contribution in [3.63, 3.8) is 0 Å². The summed E-state index contributed by atoms with van der Waals surface area (Å²) in [5, 5.41) is 0.707. The van der Waals surface area contributed by atoms with Crippen LogP contribution in [0.5, 0.6) is 0 Å². The normalized spacial score (nSPS) is 10.8. The van der Waals surface area contributed by atoms with Gasteiger partial charge in [-0.3, -0.25) is 0 Å². The summed E-state index contributed by atoms with van der Waals surface area (Å²) in [4.78, 5) is 11.0. The first-order valence-electron chi connectivity index (χ1n) is 6.59. The number of thioether (sulfide) groups is 1. The maximum absolute atomic E-state index is 5.88. The highest BCUT2D eigenvalue weighted by Gasteiger charge is 2.14. The standard InChI is InChI=1S/C15H20N4S/c1-11(2)19(10-12-7-5-4-6-8-12)14-9-13(16)17-15(18-14)20-3/h4-9,11H,10H2,1-3H3,(H2,16,17,18). The zero-order chi connectivity index (χ0) is 14.5. The topological polar surface area (TPSA) is 55.0 Å². The second-order valence-corrected chi connectivity index (χ2v) is 5.62. The number of nitrogens with two attached hydrogens (primary N) is 1. The van der Waals surface area contributed by atoms with E-state index >= 15 is 0 Å². The third-order valence-electron chi connectivity index (χ3n) is 3.01. The van der Waals surface area contributed by atoms with Crippen LogP contribution in [0.15, 0.2) is 41.6 Å². The lowest BCUT2D eigenvalue weighted by Gasteiger charge is -2.28. The van der Waals surface area contributed by atoms with Crippen molar-refractivity contribution in [1.82, 2.24) is 9.97 Å². The van der Waals surface area contributed by atoms with E-state index in [9.17, 15) is 0 Å². The third kappa shape index (κ3) is 3.63. The largest absolute Gasteiger partial charge is 0.383 e. The van der Waals surface area contributed by atoms with E-state index < -0.39 is 0 Å². The van der Waals surface area contributed by atoms with E-state index in [0.717, 1.165) is 12.4 Å². The fourth-order valence-electron chi connectivity index (χ4n) is 1.98. The first-order chi connectivity index (χ1) is 9.60. The van der Waals surface area contributed by atoms with Crippen molar-refractivity contribution >= 4 is 23.4 Å². The molecule has 0 aliphatic rings. The van der Waals surface area contributed by atoms with E-state index in [0.29, 0.717) is 17.0 Å². The van der Waals surface area contributed by atoms with Gasteiger partial charge in [0.25, 0.3) is 0 Å². The Balaban J connectivity index is 2.31. The molecule has 2 N–H and O–H groups in total. The quantitative estimate of drug-likeness (QED) is 0.676. The van der Waals surface area contributed by atoms with Gasteiger partial charge in [0.05, 0.1) is 0 Å². The van der Waals surface area contributed by atoms with Crippen molar-refractivity contribution in [2.75, 3.05) is 16.9 Å². The molecule has 0 saturated carbocycles. The van der Waals surface area contributed by atoms with Gasteiger partial charge < -0.3 is 10.6 Å². The SMILES string of the molecule is CSc1nc(N)cc(N(Cc2ccccc2)C(C)C)n1. The molecule has 0 unspecified atom stereocenters. The second kappa shape index (κ2) is 6.61. The summed E-state index contributed by atoms with van der Waals surface area (Å²) < 4.78 is 0. The minimum Gasteiger partial charge on any atom is -0.383 e. The van der Waals surface area contributed by atoms with Crippen molar-refractivity contribution in [3.05, 3.63) is 42.0 Å². The van der Waals surface area contributed by atoms with Crippen LogP contribution in [0, 0.1) is 0 Å². The van der Waals surface area contributed by atoms with Gasteiger partial charge in [-0.15, -0.1) is 0 Å². The van der Waals surface area contributed by atoms with Crippen LogP contribution in [-0.2, 0) is 6.54 Å². The van der Waals surface area contributed by atoms with Gasteiger partial charge in [0, 0.05) is 18.7 Å². The Morgan fingerprint density at radius 3 is 2.50 bits per heavy atom. The van der Waals surface area contributed by atoms with Crippen LogP contribution in [0.2, 0.25) is 0 Å². The number of rotatable bonds is 5. The van der Waals surface area contributed by atoms with E-state index in [1.807, 2.05) is 18.4 Å². The lowest BCUT2D eigenvalue weighted by Crippen LogP contribution is -2.31. The maximum Gasteiger partial charge on any atom is 0.191 e. The van der Waals surface area contributed by atoms with Gasteiger partial charge in [0.15, 0.2) is 5.16 Å².